The van der Waals surface area contributed by atoms with E-state index in [1.54, 1.807) is 0 Å². The SMILES string of the molecule is Cc1ccc(C(N)=NO)c(N2CCN(S(C)(=O)=O)CC2)c1. The van der Waals surface area contributed by atoms with Crippen molar-refractivity contribution in [2.24, 2.45) is 10.9 Å². The number of hydrogen-bond acceptors (Lipinski definition) is 5. The van der Waals surface area contributed by atoms with Crippen LogP contribution >= 0.6 is 0 Å². The Balaban J connectivity index is 2.26. The number of nitrogens with two attached hydrogens (primary N) is 1. The number of piperazine rings is 1. The Hall–Kier alpha value is -1.80. The third-order valence-electron chi connectivity index (χ3n) is 3.59. The van der Waals surface area contributed by atoms with Crippen LogP contribution in [0.15, 0.2) is 23.4 Å². The minimum atomic E-state index is -3.15. The number of aryl methyl sites for hydroxylation is 1. The molecule has 0 unspecified atom stereocenters. The molecule has 8 heteroatoms. The maximum absolute atomic E-state index is 11.5. The Kier molecular flexibility index (Phi) is 4.38. The molecule has 0 aliphatic carbocycles. The van der Waals surface area contributed by atoms with E-state index in [1.165, 1.54) is 10.6 Å². The molecule has 0 saturated carbocycles. The Labute approximate surface area is 124 Å². The molecule has 0 atom stereocenters. The number of rotatable bonds is 3. The maximum atomic E-state index is 11.5. The highest BCUT2D eigenvalue weighted by Crippen LogP contribution is 2.24. The van der Waals surface area contributed by atoms with Crippen LogP contribution in [0.3, 0.4) is 0 Å². The van der Waals surface area contributed by atoms with Gasteiger partial charge in [0.15, 0.2) is 5.84 Å². The minimum Gasteiger partial charge on any atom is -0.409 e. The smallest absolute Gasteiger partial charge is 0.211 e. The molecule has 0 bridgehead atoms. The topological polar surface area (TPSA) is 99.2 Å². The number of hydrogen-bond donors (Lipinski definition) is 2. The Morgan fingerprint density at radius 2 is 1.90 bits per heavy atom. The summed E-state index contributed by atoms with van der Waals surface area (Å²) in [5.74, 6) is 0.0514. The fourth-order valence-corrected chi connectivity index (χ4v) is 3.26. The fraction of sp³-hybridized carbons (Fsp3) is 0.462. The second kappa shape index (κ2) is 5.90. The maximum Gasteiger partial charge on any atom is 0.211 e. The van der Waals surface area contributed by atoms with Gasteiger partial charge in [0.05, 0.1) is 6.26 Å². The molecule has 1 aliphatic rings. The van der Waals surface area contributed by atoms with Gasteiger partial charge in [-0.1, -0.05) is 11.2 Å². The molecule has 1 heterocycles. The average Bonchev–Trinajstić information content (AvgIpc) is 2.45. The van der Waals surface area contributed by atoms with Gasteiger partial charge in [0, 0.05) is 37.4 Å². The molecule has 21 heavy (non-hydrogen) atoms. The summed E-state index contributed by atoms with van der Waals surface area (Å²) in [5.41, 5.74) is 8.28. The van der Waals surface area contributed by atoms with Gasteiger partial charge in [-0.05, 0) is 24.6 Å². The fourth-order valence-electron chi connectivity index (χ4n) is 2.43. The van der Waals surface area contributed by atoms with Gasteiger partial charge in [-0.2, -0.15) is 4.31 Å². The van der Waals surface area contributed by atoms with Gasteiger partial charge < -0.3 is 15.8 Å². The molecule has 0 amide bonds. The number of sulfonamides is 1. The van der Waals surface area contributed by atoms with Crippen LogP contribution < -0.4 is 10.6 Å². The van der Waals surface area contributed by atoms with Crippen LogP contribution in [0.5, 0.6) is 0 Å². The summed E-state index contributed by atoms with van der Waals surface area (Å²) in [6.45, 7) is 3.97. The number of benzene rings is 1. The van der Waals surface area contributed by atoms with Gasteiger partial charge in [0.1, 0.15) is 0 Å². The first-order valence-electron chi connectivity index (χ1n) is 6.61. The third-order valence-corrected chi connectivity index (χ3v) is 4.89. The summed E-state index contributed by atoms with van der Waals surface area (Å²) in [5, 5.41) is 11.9. The predicted octanol–water partition coefficient (Wildman–Crippen LogP) is 0.171. The molecule has 1 aromatic carbocycles. The van der Waals surface area contributed by atoms with Crippen LogP contribution in [0.1, 0.15) is 11.1 Å². The zero-order valence-electron chi connectivity index (χ0n) is 12.2. The van der Waals surface area contributed by atoms with Crippen molar-refractivity contribution in [1.29, 1.82) is 0 Å². The zero-order valence-corrected chi connectivity index (χ0v) is 13.0. The molecule has 1 fully saturated rings. The van der Waals surface area contributed by atoms with Crippen molar-refractivity contribution in [2.45, 2.75) is 6.92 Å². The second-order valence-electron chi connectivity index (χ2n) is 5.15. The largest absolute Gasteiger partial charge is 0.409 e. The molecule has 1 saturated heterocycles. The van der Waals surface area contributed by atoms with Crippen molar-refractivity contribution in [3.05, 3.63) is 29.3 Å². The van der Waals surface area contributed by atoms with Crippen molar-refractivity contribution in [3.63, 3.8) is 0 Å². The lowest BCUT2D eigenvalue weighted by atomic mass is 10.1. The molecule has 0 radical (unpaired) electrons. The van der Waals surface area contributed by atoms with Crippen molar-refractivity contribution in [3.8, 4) is 0 Å². The van der Waals surface area contributed by atoms with E-state index in [4.69, 9.17) is 10.9 Å². The summed E-state index contributed by atoms with van der Waals surface area (Å²) in [6, 6.07) is 5.66. The highest BCUT2D eigenvalue weighted by Gasteiger charge is 2.25. The number of oxime groups is 1. The predicted molar refractivity (Wildman–Crippen MR) is 82.3 cm³/mol. The highest BCUT2D eigenvalue weighted by molar-refractivity contribution is 7.88. The van der Waals surface area contributed by atoms with Gasteiger partial charge in [-0.25, -0.2) is 8.42 Å². The first kappa shape index (κ1) is 15.6. The molecule has 2 rings (SSSR count). The monoisotopic (exact) mass is 312 g/mol. The summed E-state index contributed by atoms with van der Waals surface area (Å²) in [6.07, 6.45) is 1.22. The third kappa shape index (κ3) is 3.45. The molecule has 7 nitrogen and oxygen atoms in total. The molecule has 116 valence electrons. The highest BCUT2D eigenvalue weighted by atomic mass is 32.2. The van der Waals surface area contributed by atoms with E-state index in [1.807, 2.05) is 25.1 Å². The second-order valence-corrected chi connectivity index (χ2v) is 7.14. The van der Waals surface area contributed by atoms with Crippen molar-refractivity contribution in [2.75, 3.05) is 37.3 Å². The van der Waals surface area contributed by atoms with Crippen molar-refractivity contribution >= 4 is 21.5 Å². The van der Waals surface area contributed by atoms with E-state index in [9.17, 15) is 8.42 Å². The van der Waals surface area contributed by atoms with E-state index in [0.717, 1.165) is 11.3 Å². The van der Waals surface area contributed by atoms with Crippen LogP contribution in [0.2, 0.25) is 0 Å². The van der Waals surface area contributed by atoms with Gasteiger partial charge in [0.2, 0.25) is 10.0 Å². The van der Waals surface area contributed by atoms with Crippen LogP contribution in [0.25, 0.3) is 0 Å². The normalized spacial score (nSPS) is 18.0. The Morgan fingerprint density at radius 1 is 1.29 bits per heavy atom. The lowest BCUT2D eigenvalue weighted by molar-refractivity contribution is 0.318. The van der Waals surface area contributed by atoms with Gasteiger partial charge in [0.25, 0.3) is 0 Å². The van der Waals surface area contributed by atoms with E-state index >= 15 is 0 Å². The van der Waals surface area contributed by atoms with E-state index in [2.05, 4.69) is 10.1 Å². The van der Waals surface area contributed by atoms with E-state index < -0.39 is 10.0 Å². The van der Waals surface area contributed by atoms with Gasteiger partial charge in [-0.15, -0.1) is 0 Å². The molecule has 3 N–H and O–H groups in total. The van der Waals surface area contributed by atoms with Crippen LogP contribution in [-0.2, 0) is 10.0 Å². The molecule has 1 aromatic rings. The molecule has 1 aliphatic heterocycles. The van der Waals surface area contributed by atoms with Crippen LogP contribution in [0.4, 0.5) is 5.69 Å². The summed E-state index contributed by atoms with van der Waals surface area (Å²) < 4.78 is 24.5. The first-order chi connectivity index (χ1) is 9.82. The Bertz CT molecular complexity index is 649. The lowest BCUT2D eigenvalue weighted by Crippen LogP contribution is -2.48. The zero-order chi connectivity index (χ0) is 15.6. The molecule has 0 spiro atoms. The van der Waals surface area contributed by atoms with Crippen molar-refractivity contribution < 1.29 is 13.6 Å². The standard InChI is InChI=1S/C13H20N4O3S/c1-10-3-4-11(13(14)15-18)12(9-10)16-5-7-17(8-6-16)21(2,19)20/h3-4,9,18H,5-8H2,1-2H3,(H2,14,15). The first-order valence-corrected chi connectivity index (χ1v) is 8.46. The Morgan fingerprint density at radius 3 is 2.43 bits per heavy atom. The summed E-state index contributed by atoms with van der Waals surface area (Å²) in [7, 11) is -3.15. The number of nitrogens with zero attached hydrogens (tertiary/aromatic N) is 3. The number of anilines is 1. The van der Waals surface area contributed by atoms with E-state index in [-0.39, 0.29) is 5.84 Å². The van der Waals surface area contributed by atoms with Gasteiger partial charge in [-0.3, -0.25) is 0 Å². The average molecular weight is 312 g/mol. The molecule has 0 aromatic heterocycles. The van der Waals surface area contributed by atoms with Crippen LogP contribution in [-0.4, -0.2) is 56.2 Å². The molecular weight excluding hydrogens is 292 g/mol. The van der Waals surface area contributed by atoms with Crippen LogP contribution in [0, 0.1) is 6.92 Å². The van der Waals surface area contributed by atoms with Gasteiger partial charge >= 0.3 is 0 Å². The van der Waals surface area contributed by atoms with Crippen molar-refractivity contribution in [1.82, 2.24) is 4.31 Å². The minimum absolute atomic E-state index is 0.0514. The lowest BCUT2D eigenvalue weighted by Gasteiger charge is -2.35. The number of amidine groups is 1. The van der Waals surface area contributed by atoms with E-state index in [0.29, 0.717) is 31.7 Å². The summed E-state index contributed by atoms with van der Waals surface area (Å²) >= 11 is 0. The quantitative estimate of drug-likeness (QED) is 0.359. The molecular formula is C13H20N4O3S. The summed E-state index contributed by atoms with van der Waals surface area (Å²) in [4.78, 5) is 2.06.